The van der Waals surface area contributed by atoms with E-state index in [9.17, 15) is 18.0 Å². The van der Waals surface area contributed by atoms with Gasteiger partial charge in [-0.1, -0.05) is 17.3 Å². The van der Waals surface area contributed by atoms with E-state index in [1.165, 1.54) is 12.1 Å². The van der Waals surface area contributed by atoms with Gasteiger partial charge < -0.3 is 14.2 Å². The van der Waals surface area contributed by atoms with E-state index < -0.39 is 17.3 Å². The van der Waals surface area contributed by atoms with Gasteiger partial charge in [0.1, 0.15) is 5.60 Å². The van der Waals surface area contributed by atoms with E-state index in [0.717, 1.165) is 12.1 Å². The zero-order valence-electron chi connectivity index (χ0n) is 15.9. The van der Waals surface area contributed by atoms with Gasteiger partial charge in [0.15, 0.2) is 0 Å². The summed E-state index contributed by atoms with van der Waals surface area (Å²) < 4.78 is 48.7. The van der Waals surface area contributed by atoms with Crippen LogP contribution in [-0.4, -0.2) is 39.8 Å². The number of aromatic nitrogens is 2. The Balaban J connectivity index is 1.62. The van der Waals surface area contributed by atoms with Crippen molar-refractivity contribution < 1.29 is 27.2 Å². The van der Waals surface area contributed by atoms with Crippen molar-refractivity contribution in [2.75, 3.05) is 13.1 Å². The predicted octanol–water partition coefficient (Wildman–Crippen LogP) is 4.87. The van der Waals surface area contributed by atoms with Crippen LogP contribution < -0.4 is 0 Å². The maximum atomic E-state index is 12.7. The van der Waals surface area contributed by atoms with Crippen molar-refractivity contribution in [1.29, 1.82) is 0 Å². The molecule has 6 nitrogen and oxygen atoms in total. The number of rotatable bonds is 2. The fourth-order valence-electron chi connectivity index (χ4n) is 2.96. The molecule has 0 spiro atoms. The molecule has 2 heterocycles. The lowest BCUT2D eigenvalue weighted by Gasteiger charge is -2.32. The van der Waals surface area contributed by atoms with Crippen LogP contribution in [0.3, 0.4) is 0 Å². The maximum absolute atomic E-state index is 12.7. The molecule has 9 heteroatoms. The van der Waals surface area contributed by atoms with E-state index in [1.54, 1.807) is 4.90 Å². The Morgan fingerprint density at radius 3 is 2.29 bits per heavy atom. The summed E-state index contributed by atoms with van der Waals surface area (Å²) in [7, 11) is 0. The summed E-state index contributed by atoms with van der Waals surface area (Å²) in [6, 6.07) is 4.63. The largest absolute Gasteiger partial charge is 0.444 e. The van der Waals surface area contributed by atoms with Gasteiger partial charge in [-0.05, 0) is 45.7 Å². The minimum Gasteiger partial charge on any atom is -0.444 e. The molecule has 1 aliphatic rings. The number of alkyl halides is 3. The van der Waals surface area contributed by atoms with Gasteiger partial charge in [0.05, 0.1) is 5.56 Å². The Bertz CT molecular complexity index is 817. The van der Waals surface area contributed by atoms with Gasteiger partial charge in [-0.2, -0.15) is 18.2 Å². The van der Waals surface area contributed by atoms with Gasteiger partial charge in [0.2, 0.25) is 11.7 Å². The Morgan fingerprint density at radius 1 is 1.14 bits per heavy atom. The topological polar surface area (TPSA) is 68.5 Å². The molecule has 152 valence electrons. The maximum Gasteiger partial charge on any atom is 0.416 e. The number of piperidine rings is 1. The van der Waals surface area contributed by atoms with Crippen LogP contribution in [0.25, 0.3) is 11.4 Å². The SMILES string of the molecule is CC(C)(C)OC(=O)N1CCC(c2nc(-c3ccc(C(F)(F)F)cc3)no2)CC1. The minimum absolute atomic E-state index is 0.00520. The molecule has 1 fully saturated rings. The van der Waals surface area contributed by atoms with Crippen LogP contribution in [0.5, 0.6) is 0 Å². The molecule has 0 bridgehead atoms. The standard InChI is InChI=1S/C19H22F3N3O3/c1-18(2,3)27-17(26)25-10-8-13(9-11-25)16-23-15(24-28-16)12-4-6-14(7-5-12)19(20,21)22/h4-7,13H,8-11H2,1-3H3. The molecule has 2 aromatic rings. The number of carbonyl (C=O) groups excluding carboxylic acids is 1. The third-order valence-corrected chi connectivity index (χ3v) is 4.41. The number of nitrogens with zero attached hydrogens (tertiary/aromatic N) is 3. The van der Waals surface area contributed by atoms with Crippen LogP contribution in [0.2, 0.25) is 0 Å². The van der Waals surface area contributed by atoms with Crippen LogP contribution >= 0.6 is 0 Å². The Labute approximate surface area is 160 Å². The quantitative estimate of drug-likeness (QED) is 0.723. The Kier molecular flexibility index (Phi) is 5.36. The second-order valence-corrected chi connectivity index (χ2v) is 7.77. The van der Waals surface area contributed by atoms with Crippen LogP contribution in [0.15, 0.2) is 28.8 Å². The highest BCUT2D eigenvalue weighted by molar-refractivity contribution is 5.68. The van der Waals surface area contributed by atoms with E-state index >= 15 is 0 Å². The van der Waals surface area contributed by atoms with Crippen LogP contribution in [-0.2, 0) is 10.9 Å². The lowest BCUT2D eigenvalue weighted by atomic mass is 9.97. The van der Waals surface area contributed by atoms with E-state index in [-0.39, 0.29) is 17.8 Å². The molecular formula is C19H22F3N3O3. The smallest absolute Gasteiger partial charge is 0.416 e. The molecule has 0 unspecified atom stereocenters. The Morgan fingerprint density at radius 2 is 1.75 bits per heavy atom. The van der Waals surface area contributed by atoms with E-state index in [2.05, 4.69) is 10.1 Å². The predicted molar refractivity (Wildman–Crippen MR) is 94.5 cm³/mol. The van der Waals surface area contributed by atoms with Crippen molar-refractivity contribution >= 4 is 6.09 Å². The summed E-state index contributed by atoms with van der Waals surface area (Å²) in [6.45, 7) is 6.48. The highest BCUT2D eigenvalue weighted by atomic mass is 19.4. The second-order valence-electron chi connectivity index (χ2n) is 7.77. The number of halogens is 3. The first-order chi connectivity index (χ1) is 13.0. The number of likely N-dealkylation sites (tertiary alicyclic amines) is 1. The molecule has 0 saturated carbocycles. The van der Waals surface area contributed by atoms with Crippen molar-refractivity contribution in [3.63, 3.8) is 0 Å². The summed E-state index contributed by atoms with van der Waals surface area (Å²) in [4.78, 5) is 18.1. The van der Waals surface area contributed by atoms with Crippen LogP contribution in [0.4, 0.5) is 18.0 Å². The summed E-state index contributed by atoms with van der Waals surface area (Å²) in [5.41, 5.74) is -0.819. The highest BCUT2D eigenvalue weighted by Crippen LogP contribution is 2.32. The number of carbonyl (C=O) groups is 1. The number of ether oxygens (including phenoxy) is 1. The van der Waals surface area contributed by atoms with Crippen molar-refractivity contribution in [1.82, 2.24) is 15.0 Å². The van der Waals surface area contributed by atoms with Crippen molar-refractivity contribution in [3.05, 3.63) is 35.7 Å². The average molecular weight is 397 g/mol. The molecule has 1 aromatic carbocycles. The molecule has 0 aliphatic carbocycles. The summed E-state index contributed by atoms with van der Waals surface area (Å²) in [5, 5.41) is 3.88. The fourth-order valence-corrected chi connectivity index (χ4v) is 2.96. The average Bonchev–Trinajstić information content (AvgIpc) is 3.10. The molecule has 1 aromatic heterocycles. The molecule has 0 radical (unpaired) electrons. The van der Waals surface area contributed by atoms with Crippen molar-refractivity contribution in [3.8, 4) is 11.4 Å². The van der Waals surface area contributed by atoms with Gasteiger partial charge in [-0.25, -0.2) is 4.79 Å². The molecule has 1 aliphatic heterocycles. The van der Waals surface area contributed by atoms with Crippen LogP contribution in [0.1, 0.15) is 51.0 Å². The molecule has 28 heavy (non-hydrogen) atoms. The van der Waals surface area contributed by atoms with E-state index in [4.69, 9.17) is 9.26 Å². The fraction of sp³-hybridized carbons (Fsp3) is 0.526. The molecule has 1 saturated heterocycles. The molecule has 3 rings (SSSR count). The number of benzene rings is 1. The molecule has 0 N–H and O–H groups in total. The monoisotopic (exact) mass is 397 g/mol. The lowest BCUT2D eigenvalue weighted by molar-refractivity contribution is -0.137. The molecule has 1 amide bonds. The zero-order valence-corrected chi connectivity index (χ0v) is 15.9. The van der Waals surface area contributed by atoms with Crippen LogP contribution in [0, 0.1) is 0 Å². The molecular weight excluding hydrogens is 375 g/mol. The summed E-state index contributed by atoms with van der Waals surface area (Å²) in [6.07, 6.45) is -3.44. The van der Waals surface area contributed by atoms with Gasteiger partial charge >= 0.3 is 12.3 Å². The first-order valence-electron chi connectivity index (χ1n) is 9.02. The highest BCUT2D eigenvalue weighted by Gasteiger charge is 2.31. The van der Waals surface area contributed by atoms with Crippen molar-refractivity contribution in [2.45, 2.75) is 51.3 Å². The first kappa shape index (κ1) is 20.2. The summed E-state index contributed by atoms with van der Waals surface area (Å²) in [5.74, 6) is 0.673. The second kappa shape index (κ2) is 7.44. The number of hydrogen-bond donors (Lipinski definition) is 0. The normalized spacial score (nSPS) is 16.3. The third-order valence-electron chi connectivity index (χ3n) is 4.41. The van der Waals surface area contributed by atoms with Gasteiger partial charge in [0.25, 0.3) is 0 Å². The third kappa shape index (κ3) is 4.82. The van der Waals surface area contributed by atoms with Gasteiger partial charge in [-0.15, -0.1) is 0 Å². The van der Waals surface area contributed by atoms with Crippen molar-refractivity contribution in [2.24, 2.45) is 0 Å². The van der Waals surface area contributed by atoms with E-state index in [0.29, 0.717) is 37.4 Å². The summed E-state index contributed by atoms with van der Waals surface area (Å²) >= 11 is 0. The molecule has 0 atom stereocenters. The first-order valence-corrected chi connectivity index (χ1v) is 9.02. The van der Waals surface area contributed by atoms with Gasteiger partial charge in [-0.3, -0.25) is 0 Å². The minimum atomic E-state index is -4.39. The number of amides is 1. The zero-order chi connectivity index (χ0) is 20.5. The Hall–Kier alpha value is -2.58. The van der Waals surface area contributed by atoms with E-state index in [1.807, 2.05) is 20.8 Å². The van der Waals surface area contributed by atoms with Gasteiger partial charge in [0, 0.05) is 24.6 Å². The lowest BCUT2D eigenvalue weighted by Crippen LogP contribution is -2.41. The number of hydrogen-bond acceptors (Lipinski definition) is 5.